The fraction of sp³-hybridized carbons (Fsp3) is 0.346. The summed E-state index contributed by atoms with van der Waals surface area (Å²) in [6.45, 7) is 11.8. The molecular formula is C26H28O5. The molecule has 0 atom stereocenters. The lowest BCUT2D eigenvalue weighted by Crippen LogP contribution is -2.28. The lowest BCUT2D eigenvalue weighted by Gasteiger charge is -2.29. The van der Waals surface area contributed by atoms with E-state index in [1.165, 1.54) is 6.26 Å². The monoisotopic (exact) mass is 420 g/mol. The number of hydrogen-bond acceptors (Lipinski definition) is 5. The average molecular weight is 421 g/mol. The quantitative estimate of drug-likeness (QED) is 0.490. The first-order valence-electron chi connectivity index (χ1n) is 10.6. The third-order valence-corrected chi connectivity index (χ3v) is 4.94. The SMILES string of the molecule is CC(C)Oc1ccc(-c2coc3cc4c(c(OC(C)C)c3c2=O)C=CC(C)(C)O4)cc1. The van der Waals surface area contributed by atoms with Gasteiger partial charge in [0.15, 0.2) is 0 Å². The predicted molar refractivity (Wildman–Crippen MR) is 123 cm³/mol. The fourth-order valence-electron chi connectivity index (χ4n) is 3.63. The van der Waals surface area contributed by atoms with Gasteiger partial charge in [-0.25, -0.2) is 0 Å². The highest BCUT2D eigenvalue weighted by atomic mass is 16.5. The first-order valence-corrected chi connectivity index (χ1v) is 10.6. The molecule has 0 radical (unpaired) electrons. The maximum Gasteiger partial charge on any atom is 0.204 e. The standard InChI is InChI=1S/C26H28O5/c1-15(2)29-18-9-7-17(8-10-18)20-14-28-22-13-21-19(11-12-26(5,6)31-21)25(30-16(3)4)23(22)24(20)27/h7-16H,1-6H3. The summed E-state index contributed by atoms with van der Waals surface area (Å²) in [4.78, 5) is 13.6. The number of benzene rings is 2. The minimum absolute atomic E-state index is 0.0822. The van der Waals surface area contributed by atoms with Crippen LogP contribution in [0.3, 0.4) is 0 Å². The van der Waals surface area contributed by atoms with Crippen LogP contribution in [0, 0.1) is 0 Å². The van der Waals surface area contributed by atoms with Gasteiger partial charge in [0, 0.05) is 6.07 Å². The largest absolute Gasteiger partial charge is 0.491 e. The molecule has 0 amide bonds. The van der Waals surface area contributed by atoms with Crippen molar-refractivity contribution in [3.05, 3.63) is 58.5 Å². The van der Waals surface area contributed by atoms with Crippen LogP contribution in [0.5, 0.6) is 17.2 Å². The Hall–Kier alpha value is -3.21. The van der Waals surface area contributed by atoms with E-state index in [0.29, 0.717) is 28.0 Å². The second-order valence-electron chi connectivity index (χ2n) is 8.87. The summed E-state index contributed by atoms with van der Waals surface area (Å²) in [5.41, 5.74) is 1.83. The number of ether oxygens (including phenoxy) is 3. The van der Waals surface area contributed by atoms with E-state index in [9.17, 15) is 4.79 Å². The molecule has 0 saturated carbocycles. The van der Waals surface area contributed by atoms with Crippen molar-refractivity contribution in [3.8, 4) is 28.4 Å². The Morgan fingerprint density at radius 3 is 2.29 bits per heavy atom. The summed E-state index contributed by atoms with van der Waals surface area (Å²) in [7, 11) is 0. The number of hydrogen-bond donors (Lipinski definition) is 0. The maximum absolute atomic E-state index is 13.6. The van der Waals surface area contributed by atoms with Crippen molar-refractivity contribution in [1.29, 1.82) is 0 Å². The van der Waals surface area contributed by atoms with E-state index in [2.05, 4.69) is 0 Å². The molecule has 162 valence electrons. The first kappa shape index (κ1) is 21.0. The summed E-state index contributed by atoms with van der Waals surface area (Å²) in [6.07, 6.45) is 5.39. The molecule has 1 aliphatic heterocycles. The van der Waals surface area contributed by atoms with Crippen molar-refractivity contribution in [2.75, 3.05) is 0 Å². The molecule has 5 nitrogen and oxygen atoms in total. The molecule has 0 N–H and O–H groups in total. The van der Waals surface area contributed by atoms with Gasteiger partial charge in [0.1, 0.15) is 40.1 Å². The zero-order chi connectivity index (χ0) is 22.3. The van der Waals surface area contributed by atoms with E-state index in [0.717, 1.165) is 16.9 Å². The van der Waals surface area contributed by atoms with Gasteiger partial charge in [0.25, 0.3) is 0 Å². The summed E-state index contributed by atoms with van der Waals surface area (Å²) in [5.74, 6) is 1.89. The van der Waals surface area contributed by atoms with Gasteiger partial charge in [0.2, 0.25) is 5.43 Å². The van der Waals surface area contributed by atoms with Crippen molar-refractivity contribution < 1.29 is 18.6 Å². The Bertz CT molecular complexity index is 1200. The first-order chi connectivity index (χ1) is 14.6. The zero-order valence-electron chi connectivity index (χ0n) is 18.8. The van der Waals surface area contributed by atoms with Gasteiger partial charge >= 0.3 is 0 Å². The molecule has 4 rings (SSSR count). The van der Waals surface area contributed by atoms with Gasteiger partial charge in [-0.15, -0.1) is 0 Å². The van der Waals surface area contributed by atoms with Crippen LogP contribution in [-0.4, -0.2) is 17.8 Å². The van der Waals surface area contributed by atoms with Crippen LogP contribution in [0.15, 0.2) is 51.9 Å². The van der Waals surface area contributed by atoms with Crippen LogP contribution in [0.2, 0.25) is 0 Å². The molecule has 0 spiro atoms. The molecule has 3 aromatic rings. The second kappa shape index (κ2) is 7.80. The maximum atomic E-state index is 13.6. The van der Waals surface area contributed by atoms with Gasteiger partial charge in [-0.2, -0.15) is 0 Å². The van der Waals surface area contributed by atoms with Crippen LogP contribution >= 0.6 is 0 Å². The lowest BCUT2D eigenvalue weighted by molar-refractivity contribution is 0.157. The van der Waals surface area contributed by atoms with Crippen LogP contribution < -0.4 is 19.6 Å². The van der Waals surface area contributed by atoms with Crippen molar-refractivity contribution in [2.45, 2.75) is 59.4 Å². The topological polar surface area (TPSA) is 57.9 Å². The predicted octanol–water partition coefficient (Wildman–Crippen LogP) is 6.22. The third kappa shape index (κ3) is 4.18. The van der Waals surface area contributed by atoms with E-state index in [1.54, 1.807) is 6.07 Å². The Labute approximate surface area is 182 Å². The molecule has 5 heteroatoms. The smallest absolute Gasteiger partial charge is 0.204 e. The average Bonchev–Trinajstić information content (AvgIpc) is 2.67. The van der Waals surface area contributed by atoms with E-state index >= 15 is 0 Å². The molecular weight excluding hydrogens is 392 g/mol. The Balaban J connectivity index is 1.90. The van der Waals surface area contributed by atoms with Gasteiger partial charge < -0.3 is 18.6 Å². The Morgan fingerprint density at radius 1 is 0.968 bits per heavy atom. The van der Waals surface area contributed by atoms with E-state index < -0.39 is 5.60 Å². The molecule has 0 fully saturated rings. The zero-order valence-corrected chi connectivity index (χ0v) is 18.8. The molecule has 0 saturated heterocycles. The highest BCUT2D eigenvalue weighted by Gasteiger charge is 2.28. The van der Waals surface area contributed by atoms with Gasteiger partial charge in [-0.1, -0.05) is 12.1 Å². The summed E-state index contributed by atoms with van der Waals surface area (Å²) in [6, 6.07) is 9.21. The molecule has 0 unspecified atom stereocenters. The van der Waals surface area contributed by atoms with Gasteiger partial charge in [0.05, 0.1) is 23.3 Å². The van der Waals surface area contributed by atoms with Gasteiger partial charge in [-0.05, 0) is 71.4 Å². The Morgan fingerprint density at radius 2 is 1.65 bits per heavy atom. The van der Waals surface area contributed by atoms with E-state index in [4.69, 9.17) is 18.6 Å². The number of rotatable bonds is 5. The normalized spacial score (nSPS) is 14.6. The number of fused-ring (bicyclic) bond motifs is 2. The van der Waals surface area contributed by atoms with Crippen molar-refractivity contribution in [1.82, 2.24) is 0 Å². The molecule has 1 aromatic heterocycles. The molecule has 0 bridgehead atoms. The van der Waals surface area contributed by atoms with E-state index in [-0.39, 0.29) is 17.6 Å². The molecule has 2 heterocycles. The lowest BCUT2D eigenvalue weighted by atomic mass is 9.98. The van der Waals surface area contributed by atoms with Crippen LogP contribution in [-0.2, 0) is 0 Å². The minimum atomic E-state index is -0.449. The van der Waals surface area contributed by atoms with Crippen molar-refractivity contribution in [3.63, 3.8) is 0 Å². The van der Waals surface area contributed by atoms with Gasteiger partial charge in [-0.3, -0.25) is 4.79 Å². The molecule has 0 aliphatic carbocycles. The molecule has 2 aromatic carbocycles. The van der Waals surface area contributed by atoms with Crippen LogP contribution in [0.4, 0.5) is 0 Å². The summed E-state index contributed by atoms with van der Waals surface area (Å²) < 4.78 is 23.8. The highest BCUT2D eigenvalue weighted by molar-refractivity contribution is 5.93. The van der Waals surface area contributed by atoms with Crippen LogP contribution in [0.25, 0.3) is 28.2 Å². The van der Waals surface area contributed by atoms with Crippen molar-refractivity contribution in [2.24, 2.45) is 0 Å². The third-order valence-electron chi connectivity index (χ3n) is 4.94. The molecule has 1 aliphatic rings. The fourth-order valence-corrected chi connectivity index (χ4v) is 3.63. The molecule has 31 heavy (non-hydrogen) atoms. The van der Waals surface area contributed by atoms with Crippen molar-refractivity contribution >= 4 is 17.0 Å². The summed E-state index contributed by atoms with van der Waals surface area (Å²) in [5, 5.41) is 0.417. The Kier molecular flexibility index (Phi) is 5.29. The van der Waals surface area contributed by atoms with E-state index in [1.807, 2.05) is 78.0 Å². The minimum Gasteiger partial charge on any atom is -0.491 e. The second-order valence-corrected chi connectivity index (χ2v) is 8.87. The summed E-state index contributed by atoms with van der Waals surface area (Å²) >= 11 is 0. The highest BCUT2D eigenvalue weighted by Crippen LogP contribution is 2.42. The van der Waals surface area contributed by atoms with Crippen LogP contribution in [0.1, 0.15) is 47.1 Å².